The monoisotopic (exact) mass is 635 g/mol. The number of aliphatic hydroxyl groups excluding tert-OH is 1. The molecule has 0 spiro atoms. The van der Waals surface area contributed by atoms with Crippen molar-refractivity contribution < 1.29 is 89.2 Å². The fraction of sp³-hybridized carbons (Fsp3) is 1.00. The predicted octanol–water partition coefficient (Wildman–Crippen LogP) is 5.88. The third kappa shape index (κ3) is 8.14. The summed E-state index contributed by atoms with van der Waals surface area (Å²) in [5.41, 5.74) is 0. The zero-order valence-electron chi connectivity index (χ0n) is 19.8. The van der Waals surface area contributed by atoms with Crippen molar-refractivity contribution in [3.8, 4) is 0 Å². The van der Waals surface area contributed by atoms with E-state index in [0.717, 1.165) is 0 Å². The van der Waals surface area contributed by atoms with Crippen LogP contribution in [-0.2, 0) is 9.47 Å². The summed E-state index contributed by atoms with van der Waals surface area (Å²) in [6, 6.07) is 0. The SMILES string of the molecule is OC(COCCN1CCOCC1)CC(F)(F)C(F)(F)CC(F)(F)C(F)(F)C(F)(F)C(F)(F)C(F)(F)CC(F)(F)F. The van der Waals surface area contributed by atoms with Crippen LogP contribution in [0.2, 0.25) is 0 Å². The van der Waals surface area contributed by atoms with Gasteiger partial charge in [0, 0.05) is 26.1 Å². The van der Waals surface area contributed by atoms with E-state index >= 15 is 0 Å². The van der Waals surface area contributed by atoms with Crippen LogP contribution in [0.4, 0.5) is 74.6 Å². The van der Waals surface area contributed by atoms with Gasteiger partial charge < -0.3 is 14.6 Å². The van der Waals surface area contributed by atoms with Gasteiger partial charge in [-0.1, -0.05) is 0 Å². The molecule has 1 rings (SSSR count). The average molecular weight is 635 g/mol. The van der Waals surface area contributed by atoms with Gasteiger partial charge in [-0.05, 0) is 0 Å². The van der Waals surface area contributed by atoms with Crippen LogP contribution in [0.15, 0.2) is 0 Å². The molecule has 40 heavy (non-hydrogen) atoms. The molecule has 1 unspecified atom stereocenters. The van der Waals surface area contributed by atoms with E-state index in [2.05, 4.69) is 0 Å². The normalized spacial score (nSPS) is 18.8. The molecular weight excluding hydrogens is 613 g/mol. The van der Waals surface area contributed by atoms with Gasteiger partial charge in [0.25, 0.3) is 0 Å². The highest BCUT2D eigenvalue weighted by atomic mass is 19.4. The van der Waals surface area contributed by atoms with Crippen LogP contribution in [0.3, 0.4) is 0 Å². The summed E-state index contributed by atoms with van der Waals surface area (Å²) < 4.78 is 237. The van der Waals surface area contributed by atoms with Crippen molar-refractivity contribution >= 4 is 0 Å². The van der Waals surface area contributed by atoms with Crippen molar-refractivity contribution in [2.45, 2.75) is 73.0 Å². The summed E-state index contributed by atoms with van der Waals surface area (Å²) in [6.07, 6.45) is -20.1. The minimum absolute atomic E-state index is 0.144. The van der Waals surface area contributed by atoms with Gasteiger partial charge in [0.2, 0.25) is 0 Å². The molecule has 1 fully saturated rings. The van der Waals surface area contributed by atoms with E-state index in [-0.39, 0.29) is 13.2 Å². The number of alkyl halides is 17. The molecule has 0 saturated carbocycles. The summed E-state index contributed by atoms with van der Waals surface area (Å²) in [5.74, 6) is -51.0. The number of rotatable bonds is 15. The molecule has 0 aromatic rings. The molecule has 1 saturated heterocycles. The number of nitrogens with zero attached hydrogens (tertiary/aromatic N) is 1. The Morgan fingerprint density at radius 2 is 1.07 bits per heavy atom. The molecule has 0 aromatic heterocycles. The number of halogens is 17. The molecule has 240 valence electrons. The van der Waals surface area contributed by atoms with Crippen molar-refractivity contribution in [1.29, 1.82) is 0 Å². The first-order chi connectivity index (χ1) is 17.6. The molecular formula is C19H22F17NO3. The van der Waals surface area contributed by atoms with E-state index in [1.165, 1.54) is 0 Å². The first-order valence-electron chi connectivity index (χ1n) is 10.9. The predicted molar refractivity (Wildman–Crippen MR) is 98.6 cm³/mol. The molecule has 0 aliphatic carbocycles. The fourth-order valence-electron chi connectivity index (χ4n) is 3.28. The largest absolute Gasteiger partial charge is 0.395 e. The van der Waals surface area contributed by atoms with Gasteiger partial charge in [0.05, 0.1) is 39.0 Å². The molecule has 0 bridgehead atoms. The van der Waals surface area contributed by atoms with E-state index in [9.17, 15) is 79.7 Å². The highest BCUT2D eigenvalue weighted by molar-refractivity contribution is 5.10. The second-order valence-corrected chi connectivity index (χ2v) is 8.90. The number of ether oxygens (including phenoxy) is 2. The highest BCUT2D eigenvalue weighted by Gasteiger charge is 2.87. The van der Waals surface area contributed by atoms with Gasteiger partial charge in [0.15, 0.2) is 0 Å². The third-order valence-electron chi connectivity index (χ3n) is 5.57. The maximum Gasteiger partial charge on any atom is 0.395 e. The molecule has 1 aliphatic heterocycles. The van der Waals surface area contributed by atoms with Crippen molar-refractivity contribution in [1.82, 2.24) is 4.90 Å². The Morgan fingerprint density at radius 3 is 1.52 bits per heavy atom. The van der Waals surface area contributed by atoms with Crippen LogP contribution in [0.25, 0.3) is 0 Å². The van der Waals surface area contributed by atoms with Crippen LogP contribution in [0.5, 0.6) is 0 Å². The summed E-state index contributed by atoms with van der Waals surface area (Å²) in [4.78, 5) is 1.74. The Kier molecular flexibility index (Phi) is 11.1. The standard InChI is InChI=1S/C19H22F17NO3/c20-12(21,7-11(38)8-40-6-3-37-1-4-39-5-2-37)13(22,23)9-14(24,25)17(31,32)19(35,36)18(33,34)15(26,27)10-16(28,29)30/h11,38H,1-10H2. The summed E-state index contributed by atoms with van der Waals surface area (Å²) >= 11 is 0. The lowest BCUT2D eigenvalue weighted by Gasteiger charge is -2.41. The maximum atomic E-state index is 13.9. The van der Waals surface area contributed by atoms with Gasteiger partial charge in [0.1, 0.15) is 6.42 Å². The molecule has 1 N–H and O–H groups in total. The van der Waals surface area contributed by atoms with Crippen LogP contribution in [-0.4, -0.2) is 110 Å². The first-order valence-corrected chi connectivity index (χ1v) is 10.9. The van der Waals surface area contributed by atoms with Crippen LogP contribution >= 0.6 is 0 Å². The molecule has 4 nitrogen and oxygen atoms in total. The van der Waals surface area contributed by atoms with Crippen molar-refractivity contribution in [3.05, 3.63) is 0 Å². The molecule has 0 radical (unpaired) electrons. The van der Waals surface area contributed by atoms with Gasteiger partial charge in [-0.3, -0.25) is 4.90 Å². The summed E-state index contributed by atoms with van der Waals surface area (Å²) in [7, 11) is 0. The minimum Gasteiger partial charge on any atom is -0.390 e. The molecule has 1 aliphatic rings. The van der Waals surface area contributed by atoms with Crippen molar-refractivity contribution in [2.75, 3.05) is 46.1 Å². The van der Waals surface area contributed by atoms with Gasteiger partial charge >= 0.3 is 47.6 Å². The van der Waals surface area contributed by atoms with Gasteiger partial charge in [-0.2, -0.15) is 74.6 Å². The number of morpholine rings is 1. The van der Waals surface area contributed by atoms with Crippen LogP contribution in [0, 0.1) is 0 Å². The summed E-state index contributed by atoms with van der Waals surface area (Å²) in [6.45, 7) is 0.276. The van der Waals surface area contributed by atoms with Crippen LogP contribution in [0.1, 0.15) is 19.3 Å². The Hall–Kier alpha value is -1.35. The lowest BCUT2D eigenvalue weighted by atomic mass is 9.88. The zero-order valence-corrected chi connectivity index (χ0v) is 19.8. The lowest BCUT2D eigenvalue weighted by molar-refractivity contribution is -0.414. The van der Waals surface area contributed by atoms with Crippen molar-refractivity contribution in [2.24, 2.45) is 0 Å². The van der Waals surface area contributed by atoms with E-state index in [4.69, 9.17) is 9.47 Å². The Morgan fingerprint density at radius 1 is 0.625 bits per heavy atom. The van der Waals surface area contributed by atoms with E-state index in [1.807, 2.05) is 0 Å². The molecule has 1 atom stereocenters. The number of aliphatic hydroxyl groups is 1. The quantitative estimate of drug-likeness (QED) is 0.181. The van der Waals surface area contributed by atoms with E-state index in [0.29, 0.717) is 26.3 Å². The second-order valence-electron chi connectivity index (χ2n) is 8.90. The van der Waals surface area contributed by atoms with Crippen LogP contribution < -0.4 is 0 Å². The Balaban J connectivity index is 2.98. The fourth-order valence-corrected chi connectivity index (χ4v) is 3.28. The minimum atomic E-state index is -8.17. The second kappa shape index (κ2) is 12.1. The molecule has 0 amide bonds. The Bertz CT molecular complexity index is 812. The molecule has 0 aromatic carbocycles. The van der Waals surface area contributed by atoms with E-state index in [1.54, 1.807) is 4.90 Å². The topological polar surface area (TPSA) is 41.9 Å². The van der Waals surface area contributed by atoms with E-state index < -0.39 is 79.6 Å². The lowest BCUT2D eigenvalue weighted by Crippen LogP contribution is -2.68. The molecule has 21 heteroatoms. The number of hydrogen-bond acceptors (Lipinski definition) is 4. The van der Waals surface area contributed by atoms with Gasteiger partial charge in [-0.15, -0.1) is 0 Å². The maximum absolute atomic E-state index is 13.9. The highest BCUT2D eigenvalue weighted by Crippen LogP contribution is 2.60. The van der Waals surface area contributed by atoms with Crippen molar-refractivity contribution in [3.63, 3.8) is 0 Å². The Labute approximate surface area is 214 Å². The molecule has 1 heterocycles. The van der Waals surface area contributed by atoms with Gasteiger partial charge in [-0.25, -0.2) is 0 Å². The first kappa shape index (κ1) is 36.7. The smallest absolute Gasteiger partial charge is 0.390 e. The average Bonchev–Trinajstić information content (AvgIpc) is 2.74. The zero-order chi connectivity index (χ0) is 31.6. The third-order valence-corrected chi connectivity index (χ3v) is 5.57. The number of hydrogen-bond donors (Lipinski definition) is 1. The summed E-state index contributed by atoms with van der Waals surface area (Å²) in [5, 5.41) is 9.46.